The van der Waals surface area contributed by atoms with Gasteiger partial charge in [-0.2, -0.15) is 0 Å². The summed E-state index contributed by atoms with van der Waals surface area (Å²) in [7, 11) is -3.35. The Hall–Kier alpha value is -1.01. The predicted molar refractivity (Wildman–Crippen MR) is 65.9 cm³/mol. The van der Waals surface area contributed by atoms with E-state index in [4.69, 9.17) is 0 Å². The van der Waals surface area contributed by atoms with Crippen LogP contribution in [0.2, 0.25) is 0 Å². The molecule has 0 heterocycles. The molecule has 4 nitrogen and oxygen atoms in total. The fourth-order valence-electron chi connectivity index (χ4n) is 1.30. The summed E-state index contributed by atoms with van der Waals surface area (Å²) in [6, 6.07) is 2.89. The number of nitrogens with zero attached hydrogens (tertiary/aromatic N) is 1. The highest BCUT2D eigenvalue weighted by Gasteiger charge is 2.17. The number of aliphatic imine (C=N–C) groups is 1. The Morgan fingerprint density at radius 1 is 1.44 bits per heavy atom. The number of hydrogen-bond acceptors (Lipinski definition) is 3. The second-order valence-corrected chi connectivity index (χ2v) is 6.17. The van der Waals surface area contributed by atoms with Gasteiger partial charge >= 0.3 is 0 Å². The monoisotopic (exact) mass is 303 g/mol. The maximum atomic E-state index is 11.5. The van der Waals surface area contributed by atoms with Crippen LogP contribution >= 0.6 is 15.9 Å². The van der Waals surface area contributed by atoms with Crippen molar-refractivity contribution in [2.75, 3.05) is 6.26 Å². The fourth-order valence-corrected chi connectivity index (χ4v) is 2.90. The van der Waals surface area contributed by atoms with Crippen molar-refractivity contribution in [2.24, 2.45) is 4.99 Å². The number of hydrogen-bond donors (Lipinski definition) is 0. The van der Waals surface area contributed by atoms with Crippen LogP contribution in [0.3, 0.4) is 0 Å². The highest BCUT2D eigenvalue weighted by Crippen LogP contribution is 2.25. The first-order chi connectivity index (χ1) is 7.27. The zero-order valence-electron chi connectivity index (χ0n) is 8.82. The minimum atomic E-state index is -3.35. The molecule has 0 unspecified atom stereocenters. The first kappa shape index (κ1) is 13.1. The molecular weight excluding hydrogens is 294 g/mol. The largest absolute Gasteiger partial charge is 0.277 e. The predicted octanol–water partition coefficient (Wildman–Crippen LogP) is 2.00. The molecule has 0 spiro atoms. The number of carbonyl (C=O) groups is 1. The number of carbonyl (C=O) groups excluding carboxylic acids is 1. The van der Waals surface area contributed by atoms with Crippen LogP contribution in [0.15, 0.2) is 26.5 Å². The number of rotatable bonds is 2. The molecule has 0 aromatic heterocycles. The zero-order chi connectivity index (χ0) is 12.5. The highest BCUT2D eigenvalue weighted by molar-refractivity contribution is 9.10. The summed E-state index contributed by atoms with van der Waals surface area (Å²) in [6.07, 6.45) is 1.10. The third-order valence-electron chi connectivity index (χ3n) is 2.04. The van der Waals surface area contributed by atoms with Crippen molar-refractivity contribution in [3.8, 4) is 0 Å². The molecule has 16 heavy (non-hydrogen) atoms. The van der Waals surface area contributed by atoms with Gasteiger partial charge in [-0.15, -0.1) is 0 Å². The third-order valence-corrected chi connectivity index (χ3v) is 3.93. The second-order valence-electron chi connectivity index (χ2n) is 3.33. The van der Waals surface area contributed by atoms with E-state index >= 15 is 0 Å². The minimum Gasteiger partial charge on any atom is -0.267 e. The second kappa shape index (κ2) is 4.47. The highest BCUT2D eigenvalue weighted by atomic mass is 79.9. The smallest absolute Gasteiger partial charge is 0.267 e. The Morgan fingerprint density at radius 2 is 2.00 bits per heavy atom. The van der Waals surface area contributed by atoms with Crippen LogP contribution in [0.25, 0.3) is 0 Å². The van der Waals surface area contributed by atoms with Crippen LogP contribution in [0.5, 0.6) is 0 Å². The number of amides is 1. The van der Waals surface area contributed by atoms with Gasteiger partial charge in [0.05, 0.1) is 10.5 Å². The summed E-state index contributed by atoms with van der Waals surface area (Å²) >= 11 is 3.19. The summed E-state index contributed by atoms with van der Waals surface area (Å²) in [5, 5.41) is 0. The van der Waals surface area contributed by atoms with Crippen LogP contribution in [-0.4, -0.2) is 27.3 Å². The van der Waals surface area contributed by atoms with Crippen molar-refractivity contribution in [1.29, 1.82) is 0 Å². The maximum Gasteiger partial charge on any atom is 0.277 e. The molecule has 0 fully saturated rings. The quantitative estimate of drug-likeness (QED) is 0.785. The molecule has 0 atom stereocenters. The molecule has 1 aromatic carbocycles. The van der Waals surface area contributed by atoms with Crippen molar-refractivity contribution in [3.05, 3.63) is 27.7 Å². The molecule has 0 aliphatic carbocycles. The average molecular weight is 304 g/mol. The Morgan fingerprint density at radius 3 is 2.44 bits per heavy atom. The number of halogens is 1. The van der Waals surface area contributed by atoms with Gasteiger partial charge < -0.3 is 0 Å². The lowest BCUT2D eigenvalue weighted by molar-refractivity contribution is 0.100. The van der Waals surface area contributed by atoms with Gasteiger partial charge in [-0.25, -0.2) is 13.4 Å². The summed E-state index contributed by atoms with van der Waals surface area (Å²) in [4.78, 5) is 14.8. The summed E-state index contributed by atoms with van der Waals surface area (Å²) in [5.41, 5.74) is 0.774. The third kappa shape index (κ3) is 2.56. The molecule has 1 amide bonds. The van der Waals surface area contributed by atoms with E-state index < -0.39 is 15.7 Å². The van der Waals surface area contributed by atoms with E-state index in [-0.39, 0.29) is 10.5 Å². The van der Waals surface area contributed by atoms with Crippen LogP contribution in [0, 0.1) is 6.92 Å². The fraction of sp³-hybridized carbons (Fsp3) is 0.200. The number of benzene rings is 1. The topological polar surface area (TPSA) is 63.6 Å². The van der Waals surface area contributed by atoms with Crippen molar-refractivity contribution in [1.82, 2.24) is 0 Å². The average Bonchev–Trinajstić information content (AvgIpc) is 2.14. The van der Waals surface area contributed by atoms with Gasteiger partial charge in [-0.1, -0.05) is 0 Å². The Kier molecular flexibility index (Phi) is 3.64. The Bertz CT molecular complexity index is 564. The van der Waals surface area contributed by atoms with E-state index in [2.05, 4.69) is 27.6 Å². The van der Waals surface area contributed by atoms with Gasteiger partial charge in [-0.05, 0) is 47.3 Å². The standard InChI is InChI=1S/C10H10BrNO3S/c1-6-4-8(11)7(10(13)12-2)5-9(6)16(3,14)15/h4-5H,2H2,1,3H3. The van der Waals surface area contributed by atoms with E-state index in [1.807, 2.05) is 0 Å². The molecule has 0 bridgehead atoms. The minimum absolute atomic E-state index is 0.128. The molecule has 0 aliphatic rings. The van der Waals surface area contributed by atoms with Gasteiger partial charge in [0.25, 0.3) is 5.91 Å². The summed E-state index contributed by atoms with van der Waals surface area (Å²) in [6.45, 7) is 4.79. The summed E-state index contributed by atoms with van der Waals surface area (Å²) < 4.78 is 23.4. The van der Waals surface area contributed by atoms with Gasteiger partial charge in [0, 0.05) is 10.7 Å². The number of aryl methyl sites for hydroxylation is 1. The first-order valence-electron chi connectivity index (χ1n) is 4.28. The molecule has 0 N–H and O–H groups in total. The van der Waals surface area contributed by atoms with Gasteiger partial charge in [0.15, 0.2) is 9.84 Å². The molecule has 0 saturated heterocycles. The zero-order valence-corrected chi connectivity index (χ0v) is 11.2. The summed E-state index contributed by atoms with van der Waals surface area (Å²) in [5.74, 6) is -0.559. The normalized spacial score (nSPS) is 11.2. The molecule has 1 aromatic rings. The van der Waals surface area contributed by atoms with Gasteiger partial charge in [0.1, 0.15) is 0 Å². The van der Waals surface area contributed by atoms with Crippen LogP contribution < -0.4 is 0 Å². The molecule has 86 valence electrons. The molecule has 0 aliphatic heterocycles. The van der Waals surface area contributed by atoms with Gasteiger partial charge in [-0.3, -0.25) is 4.79 Å². The molecule has 1 rings (SSSR count). The Labute approximate surface area is 102 Å². The molecule has 6 heteroatoms. The van der Waals surface area contributed by atoms with Crippen LogP contribution in [0.1, 0.15) is 15.9 Å². The van der Waals surface area contributed by atoms with E-state index in [0.717, 1.165) is 6.26 Å². The van der Waals surface area contributed by atoms with E-state index in [1.54, 1.807) is 13.0 Å². The Balaban J connectivity index is 3.57. The number of sulfone groups is 1. The van der Waals surface area contributed by atoms with Crippen LogP contribution in [-0.2, 0) is 9.84 Å². The lowest BCUT2D eigenvalue weighted by Crippen LogP contribution is -2.04. The molecular formula is C10H10BrNO3S. The van der Waals surface area contributed by atoms with Crippen molar-refractivity contribution < 1.29 is 13.2 Å². The first-order valence-corrected chi connectivity index (χ1v) is 6.97. The van der Waals surface area contributed by atoms with E-state index in [9.17, 15) is 13.2 Å². The lowest BCUT2D eigenvalue weighted by Gasteiger charge is -2.07. The van der Waals surface area contributed by atoms with Crippen LogP contribution in [0.4, 0.5) is 0 Å². The van der Waals surface area contributed by atoms with Gasteiger partial charge in [0.2, 0.25) is 0 Å². The molecule has 0 saturated carbocycles. The van der Waals surface area contributed by atoms with Crippen molar-refractivity contribution >= 4 is 38.4 Å². The molecule has 0 radical (unpaired) electrons. The van der Waals surface area contributed by atoms with Crippen molar-refractivity contribution in [2.45, 2.75) is 11.8 Å². The maximum absolute atomic E-state index is 11.5. The SMILES string of the molecule is C=NC(=O)c1cc(S(C)(=O)=O)c(C)cc1Br. The van der Waals surface area contributed by atoms with E-state index in [1.165, 1.54) is 6.07 Å². The van der Waals surface area contributed by atoms with E-state index in [0.29, 0.717) is 10.0 Å². The van der Waals surface area contributed by atoms with Crippen molar-refractivity contribution in [3.63, 3.8) is 0 Å². The lowest BCUT2D eigenvalue weighted by atomic mass is 10.1.